The number of carbonyl (C=O) groups excluding carboxylic acids is 1. The number of carbonyl (C=O) groups is 1. The van der Waals surface area contributed by atoms with E-state index in [9.17, 15) is 4.79 Å². The first-order valence-electron chi connectivity index (χ1n) is 4.18. The van der Waals surface area contributed by atoms with Crippen LogP contribution in [-0.2, 0) is 0 Å². The summed E-state index contributed by atoms with van der Waals surface area (Å²) in [5.74, 6) is 0.465. The van der Waals surface area contributed by atoms with Crippen LogP contribution in [0.15, 0.2) is 16.6 Å². The Balaban J connectivity index is 3.37. The molecule has 0 radical (unpaired) electrons. The SMILES string of the molecule is COc1c(C)ccc(Br)c1C(=O)CN. The fourth-order valence-corrected chi connectivity index (χ4v) is 1.82. The monoisotopic (exact) mass is 257 g/mol. The Labute approximate surface area is 91.4 Å². The minimum atomic E-state index is -0.127. The van der Waals surface area contributed by atoms with Crippen LogP contribution in [0.2, 0.25) is 0 Å². The van der Waals surface area contributed by atoms with Gasteiger partial charge in [0.2, 0.25) is 0 Å². The molecule has 0 spiro atoms. The van der Waals surface area contributed by atoms with E-state index in [-0.39, 0.29) is 12.3 Å². The lowest BCUT2D eigenvalue weighted by molar-refractivity contribution is 0.0997. The zero-order valence-corrected chi connectivity index (χ0v) is 9.72. The van der Waals surface area contributed by atoms with Crippen LogP contribution in [0.25, 0.3) is 0 Å². The molecule has 0 fully saturated rings. The van der Waals surface area contributed by atoms with Crippen molar-refractivity contribution in [2.45, 2.75) is 6.92 Å². The Bertz CT molecular complexity index is 363. The normalized spacial score (nSPS) is 10.0. The molecule has 0 saturated heterocycles. The fourth-order valence-electron chi connectivity index (χ4n) is 1.29. The van der Waals surface area contributed by atoms with Gasteiger partial charge in [0.05, 0.1) is 19.2 Å². The van der Waals surface area contributed by atoms with Crippen LogP contribution in [0, 0.1) is 6.92 Å². The molecule has 0 aliphatic carbocycles. The second kappa shape index (κ2) is 4.57. The van der Waals surface area contributed by atoms with Gasteiger partial charge in [-0.15, -0.1) is 0 Å². The standard InChI is InChI=1S/C10H12BrNO2/c1-6-3-4-7(11)9(8(13)5-12)10(6)14-2/h3-4H,5,12H2,1-2H3. The highest BCUT2D eigenvalue weighted by Crippen LogP contribution is 2.30. The molecule has 2 N–H and O–H groups in total. The van der Waals surface area contributed by atoms with E-state index in [1.165, 1.54) is 0 Å². The Morgan fingerprint density at radius 2 is 2.21 bits per heavy atom. The number of rotatable bonds is 3. The van der Waals surface area contributed by atoms with E-state index in [0.29, 0.717) is 11.3 Å². The Morgan fingerprint density at radius 1 is 1.57 bits per heavy atom. The van der Waals surface area contributed by atoms with Crippen LogP contribution in [0.5, 0.6) is 5.75 Å². The number of halogens is 1. The maximum absolute atomic E-state index is 11.5. The van der Waals surface area contributed by atoms with Gasteiger partial charge < -0.3 is 10.5 Å². The third-order valence-corrected chi connectivity index (χ3v) is 2.63. The Hall–Kier alpha value is -0.870. The molecule has 0 heterocycles. The van der Waals surface area contributed by atoms with Gasteiger partial charge >= 0.3 is 0 Å². The van der Waals surface area contributed by atoms with Crippen molar-refractivity contribution in [1.82, 2.24) is 0 Å². The van der Waals surface area contributed by atoms with Crippen LogP contribution in [0.4, 0.5) is 0 Å². The maximum Gasteiger partial charge on any atom is 0.181 e. The smallest absolute Gasteiger partial charge is 0.181 e. The van der Waals surface area contributed by atoms with E-state index in [4.69, 9.17) is 10.5 Å². The molecule has 4 heteroatoms. The molecule has 0 unspecified atom stereocenters. The molecule has 1 aromatic rings. The molecule has 0 amide bonds. The molecule has 0 atom stereocenters. The van der Waals surface area contributed by atoms with Gasteiger partial charge in [-0.3, -0.25) is 4.79 Å². The number of methoxy groups -OCH3 is 1. The second-order valence-corrected chi connectivity index (χ2v) is 3.75. The van der Waals surface area contributed by atoms with Crippen molar-refractivity contribution in [3.63, 3.8) is 0 Å². The van der Waals surface area contributed by atoms with Gasteiger partial charge in [-0.2, -0.15) is 0 Å². The number of ketones is 1. The molecule has 76 valence electrons. The van der Waals surface area contributed by atoms with E-state index in [1.54, 1.807) is 7.11 Å². The molecule has 0 aromatic heterocycles. The minimum absolute atomic E-state index is 0.0155. The number of hydrogen-bond acceptors (Lipinski definition) is 3. The van der Waals surface area contributed by atoms with Crippen molar-refractivity contribution < 1.29 is 9.53 Å². The van der Waals surface area contributed by atoms with E-state index in [1.807, 2.05) is 19.1 Å². The summed E-state index contributed by atoms with van der Waals surface area (Å²) in [6, 6.07) is 3.71. The maximum atomic E-state index is 11.5. The van der Waals surface area contributed by atoms with Crippen LogP contribution in [0.1, 0.15) is 15.9 Å². The first-order chi connectivity index (χ1) is 6.61. The molecule has 3 nitrogen and oxygen atoms in total. The molecule has 0 aliphatic rings. The molecule has 1 rings (SSSR count). The molecule has 0 aliphatic heterocycles. The summed E-state index contributed by atoms with van der Waals surface area (Å²) in [5, 5.41) is 0. The number of hydrogen-bond donors (Lipinski definition) is 1. The van der Waals surface area contributed by atoms with E-state index >= 15 is 0 Å². The Morgan fingerprint density at radius 3 is 2.71 bits per heavy atom. The lowest BCUT2D eigenvalue weighted by Crippen LogP contribution is -2.15. The second-order valence-electron chi connectivity index (χ2n) is 2.90. The van der Waals surface area contributed by atoms with Crippen LogP contribution in [-0.4, -0.2) is 19.4 Å². The highest BCUT2D eigenvalue weighted by molar-refractivity contribution is 9.10. The largest absolute Gasteiger partial charge is 0.496 e. The van der Waals surface area contributed by atoms with Gasteiger partial charge in [-0.25, -0.2) is 0 Å². The van der Waals surface area contributed by atoms with Crippen molar-refractivity contribution >= 4 is 21.7 Å². The summed E-state index contributed by atoms with van der Waals surface area (Å²) in [6.07, 6.45) is 0. The predicted molar refractivity (Wildman–Crippen MR) is 58.8 cm³/mol. The lowest BCUT2D eigenvalue weighted by atomic mass is 10.1. The Kier molecular flexibility index (Phi) is 3.66. The highest BCUT2D eigenvalue weighted by Gasteiger charge is 2.16. The number of Topliss-reactive ketones (excluding diaryl/α,β-unsaturated/α-hetero) is 1. The summed E-state index contributed by atoms with van der Waals surface area (Å²) in [6.45, 7) is 1.87. The van der Waals surface area contributed by atoms with Gasteiger partial charge in [0.1, 0.15) is 5.75 Å². The van der Waals surface area contributed by atoms with E-state index in [2.05, 4.69) is 15.9 Å². The van der Waals surface area contributed by atoms with Crippen molar-refractivity contribution in [1.29, 1.82) is 0 Å². The molecule has 0 saturated carbocycles. The number of aryl methyl sites for hydroxylation is 1. The van der Waals surface area contributed by atoms with Crippen LogP contribution in [0.3, 0.4) is 0 Å². The van der Waals surface area contributed by atoms with Gasteiger partial charge in [0.25, 0.3) is 0 Å². The number of benzene rings is 1. The average Bonchev–Trinajstić information content (AvgIpc) is 2.19. The molecule has 1 aromatic carbocycles. The highest BCUT2D eigenvalue weighted by atomic mass is 79.9. The number of ether oxygens (including phenoxy) is 1. The van der Waals surface area contributed by atoms with E-state index < -0.39 is 0 Å². The predicted octanol–water partition coefficient (Wildman–Crippen LogP) is 1.91. The fraction of sp³-hybridized carbons (Fsp3) is 0.300. The third kappa shape index (κ3) is 1.96. The average molecular weight is 258 g/mol. The van der Waals surface area contributed by atoms with Gasteiger partial charge in [0.15, 0.2) is 5.78 Å². The first kappa shape index (κ1) is 11.2. The van der Waals surface area contributed by atoms with Gasteiger partial charge in [0, 0.05) is 4.47 Å². The molecule has 0 bridgehead atoms. The van der Waals surface area contributed by atoms with Crippen molar-refractivity contribution in [2.75, 3.05) is 13.7 Å². The lowest BCUT2D eigenvalue weighted by Gasteiger charge is -2.11. The van der Waals surface area contributed by atoms with Crippen molar-refractivity contribution in [3.8, 4) is 5.75 Å². The third-order valence-electron chi connectivity index (χ3n) is 1.97. The molecule has 14 heavy (non-hydrogen) atoms. The number of nitrogens with two attached hydrogens (primary N) is 1. The summed E-state index contributed by atoms with van der Waals surface area (Å²) < 4.78 is 5.89. The zero-order valence-electron chi connectivity index (χ0n) is 8.13. The topological polar surface area (TPSA) is 52.3 Å². The van der Waals surface area contributed by atoms with Crippen LogP contribution < -0.4 is 10.5 Å². The summed E-state index contributed by atoms with van der Waals surface area (Å²) in [4.78, 5) is 11.5. The molecular weight excluding hydrogens is 246 g/mol. The van der Waals surface area contributed by atoms with Gasteiger partial charge in [-0.05, 0) is 34.5 Å². The van der Waals surface area contributed by atoms with Crippen molar-refractivity contribution in [3.05, 3.63) is 27.7 Å². The van der Waals surface area contributed by atoms with E-state index in [0.717, 1.165) is 10.0 Å². The minimum Gasteiger partial charge on any atom is -0.496 e. The summed E-state index contributed by atoms with van der Waals surface area (Å²) >= 11 is 3.31. The summed E-state index contributed by atoms with van der Waals surface area (Å²) in [5.41, 5.74) is 6.77. The first-order valence-corrected chi connectivity index (χ1v) is 4.97. The summed E-state index contributed by atoms with van der Waals surface area (Å²) in [7, 11) is 1.54. The zero-order chi connectivity index (χ0) is 10.7. The molecular formula is C10H12BrNO2. The quantitative estimate of drug-likeness (QED) is 0.842. The van der Waals surface area contributed by atoms with Gasteiger partial charge in [-0.1, -0.05) is 6.07 Å². The van der Waals surface area contributed by atoms with Crippen molar-refractivity contribution in [2.24, 2.45) is 5.73 Å². The van der Waals surface area contributed by atoms with Crippen LogP contribution >= 0.6 is 15.9 Å².